The first-order chi connectivity index (χ1) is 13.3. The number of nitrogens with one attached hydrogen (secondary N) is 1. The van der Waals surface area contributed by atoms with Crippen LogP contribution in [0.1, 0.15) is 38.9 Å². The molecule has 148 valence electrons. The minimum absolute atomic E-state index is 0.204. The van der Waals surface area contributed by atoms with Crippen molar-refractivity contribution < 1.29 is 19.7 Å². The first-order valence-corrected chi connectivity index (χ1v) is 9.49. The van der Waals surface area contributed by atoms with E-state index in [9.17, 15) is 15.0 Å². The Balaban J connectivity index is 1.80. The molecule has 0 bridgehead atoms. The summed E-state index contributed by atoms with van der Waals surface area (Å²) in [6.07, 6.45) is -2.43. The van der Waals surface area contributed by atoms with E-state index in [0.717, 1.165) is 21.5 Å². The Bertz CT molecular complexity index is 923. The number of hydrogen-bond acceptors (Lipinski definition) is 4. The highest BCUT2D eigenvalue weighted by Crippen LogP contribution is 2.34. The summed E-state index contributed by atoms with van der Waals surface area (Å²) in [4.78, 5) is 11.8. The molecule has 0 spiro atoms. The number of aliphatic hydroxyl groups excluding tert-OH is 2. The Morgan fingerprint density at radius 3 is 2.07 bits per heavy atom. The lowest BCUT2D eigenvalue weighted by Gasteiger charge is -2.23. The van der Waals surface area contributed by atoms with Crippen LogP contribution in [0.3, 0.4) is 0 Å². The number of benzene rings is 3. The Morgan fingerprint density at radius 1 is 1.00 bits per heavy atom. The molecule has 2 atom stereocenters. The minimum atomic E-state index is -1.07. The molecule has 0 saturated carbocycles. The number of ether oxygens (including phenoxy) is 1. The zero-order valence-electron chi connectivity index (χ0n) is 16.5. The number of fused-ring (bicyclic) bond motifs is 2. The number of hydrogen-bond donors (Lipinski definition) is 3. The Hall–Kier alpha value is -2.63. The van der Waals surface area contributed by atoms with Crippen molar-refractivity contribution >= 4 is 27.6 Å². The molecule has 0 aliphatic carbocycles. The van der Waals surface area contributed by atoms with Gasteiger partial charge in [0.2, 0.25) is 0 Å². The first kappa shape index (κ1) is 20.1. The predicted octanol–water partition coefficient (Wildman–Crippen LogP) is 4.30. The average molecular weight is 381 g/mol. The van der Waals surface area contributed by atoms with E-state index in [1.165, 1.54) is 0 Å². The van der Waals surface area contributed by atoms with Gasteiger partial charge in [-0.15, -0.1) is 0 Å². The summed E-state index contributed by atoms with van der Waals surface area (Å²) in [6.45, 7) is 5.57. The topological polar surface area (TPSA) is 78.8 Å². The number of amides is 1. The van der Waals surface area contributed by atoms with Crippen LogP contribution in [0.4, 0.5) is 4.79 Å². The summed E-state index contributed by atoms with van der Waals surface area (Å²) in [7, 11) is 0. The first-order valence-electron chi connectivity index (χ1n) is 9.49. The van der Waals surface area contributed by atoms with Crippen molar-refractivity contribution in [1.82, 2.24) is 5.32 Å². The van der Waals surface area contributed by atoms with E-state index >= 15 is 0 Å². The van der Waals surface area contributed by atoms with Gasteiger partial charge in [0, 0.05) is 6.54 Å². The highest BCUT2D eigenvalue weighted by molar-refractivity contribution is 6.02. The third-order valence-corrected chi connectivity index (χ3v) is 4.58. The maximum absolute atomic E-state index is 11.8. The van der Waals surface area contributed by atoms with Crippen molar-refractivity contribution in [3.05, 3.63) is 60.2 Å². The molecular weight excluding hydrogens is 354 g/mol. The second-order valence-electron chi connectivity index (χ2n) is 7.96. The van der Waals surface area contributed by atoms with Gasteiger partial charge in [0.15, 0.2) is 0 Å². The molecule has 28 heavy (non-hydrogen) atoms. The quantitative estimate of drug-likeness (QED) is 0.576. The van der Waals surface area contributed by atoms with Crippen molar-refractivity contribution in [2.45, 2.75) is 45.0 Å². The molecule has 2 unspecified atom stereocenters. The molecule has 3 aromatic rings. The van der Waals surface area contributed by atoms with E-state index < -0.39 is 23.9 Å². The van der Waals surface area contributed by atoms with Gasteiger partial charge in [-0.05, 0) is 60.4 Å². The zero-order chi connectivity index (χ0) is 20.3. The van der Waals surface area contributed by atoms with Crippen LogP contribution in [-0.4, -0.2) is 34.6 Å². The lowest BCUT2D eigenvalue weighted by molar-refractivity contribution is 0.0139. The number of rotatable bonds is 5. The maximum Gasteiger partial charge on any atom is 0.407 e. The normalized spacial score (nSPS) is 14.0. The zero-order valence-corrected chi connectivity index (χ0v) is 16.5. The predicted molar refractivity (Wildman–Crippen MR) is 111 cm³/mol. The summed E-state index contributed by atoms with van der Waals surface area (Å²) in [5.41, 5.74) is 0.128. The Kier molecular flexibility index (Phi) is 5.87. The van der Waals surface area contributed by atoms with Crippen LogP contribution in [0, 0.1) is 0 Å². The number of carbonyl (C=O) groups excluding carboxylic acids is 1. The van der Waals surface area contributed by atoms with Gasteiger partial charge in [-0.3, -0.25) is 0 Å². The fourth-order valence-corrected chi connectivity index (χ4v) is 3.35. The van der Waals surface area contributed by atoms with E-state index in [0.29, 0.717) is 5.56 Å². The highest BCUT2D eigenvalue weighted by atomic mass is 16.6. The second-order valence-corrected chi connectivity index (χ2v) is 7.96. The van der Waals surface area contributed by atoms with Gasteiger partial charge in [-0.1, -0.05) is 48.5 Å². The Morgan fingerprint density at radius 2 is 1.54 bits per heavy atom. The van der Waals surface area contributed by atoms with Crippen LogP contribution < -0.4 is 5.32 Å². The second kappa shape index (κ2) is 8.17. The summed E-state index contributed by atoms with van der Waals surface area (Å²) in [6, 6.07) is 17.7. The van der Waals surface area contributed by atoms with Crippen LogP contribution in [0.5, 0.6) is 0 Å². The van der Waals surface area contributed by atoms with Crippen molar-refractivity contribution in [3.63, 3.8) is 0 Å². The van der Waals surface area contributed by atoms with E-state index in [1.807, 2.05) is 48.5 Å². The molecule has 0 aliphatic rings. The van der Waals surface area contributed by atoms with Gasteiger partial charge < -0.3 is 20.3 Å². The largest absolute Gasteiger partial charge is 0.444 e. The van der Waals surface area contributed by atoms with Gasteiger partial charge in [-0.25, -0.2) is 4.79 Å². The number of alkyl carbamates (subject to hydrolysis) is 1. The number of carbonyl (C=O) groups is 1. The van der Waals surface area contributed by atoms with E-state index in [-0.39, 0.29) is 13.0 Å². The van der Waals surface area contributed by atoms with E-state index in [4.69, 9.17) is 4.74 Å². The van der Waals surface area contributed by atoms with Crippen LogP contribution in [0.2, 0.25) is 0 Å². The van der Waals surface area contributed by atoms with Gasteiger partial charge >= 0.3 is 6.09 Å². The van der Waals surface area contributed by atoms with Gasteiger partial charge in [-0.2, -0.15) is 0 Å². The molecule has 0 saturated heterocycles. The molecule has 0 aliphatic heterocycles. The fraction of sp³-hybridized carbons (Fsp3) is 0.348. The molecule has 0 aromatic heterocycles. The molecule has 3 N–H and O–H groups in total. The monoisotopic (exact) mass is 381 g/mol. The summed E-state index contributed by atoms with van der Waals surface area (Å²) >= 11 is 0. The van der Waals surface area contributed by atoms with Crippen LogP contribution in [0.15, 0.2) is 54.6 Å². The number of aliphatic hydroxyl groups is 2. The molecule has 0 heterocycles. The molecule has 5 heteroatoms. The van der Waals surface area contributed by atoms with Crippen LogP contribution >= 0.6 is 0 Å². The molecule has 5 nitrogen and oxygen atoms in total. The van der Waals surface area contributed by atoms with Gasteiger partial charge in [0.1, 0.15) is 11.7 Å². The SMILES string of the molecule is CC(C)(C)OC(=O)NCCC(O)C(O)c1c2ccccc2cc2ccccc12. The van der Waals surface area contributed by atoms with E-state index in [2.05, 4.69) is 11.4 Å². The van der Waals surface area contributed by atoms with Gasteiger partial charge in [0.25, 0.3) is 0 Å². The summed E-state index contributed by atoms with van der Waals surface area (Å²) in [5, 5.41) is 28.0. The Labute approximate surface area is 164 Å². The molecule has 3 rings (SSSR count). The van der Waals surface area contributed by atoms with Crippen LogP contribution in [-0.2, 0) is 4.74 Å². The summed E-state index contributed by atoms with van der Waals surface area (Å²) < 4.78 is 5.19. The maximum atomic E-state index is 11.8. The van der Waals surface area contributed by atoms with Crippen LogP contribution in [0.25, 0.3) is 21.5 Å². The molecule has 0 fully saturated rings. The van der Waals surface area contributed by atoms with E-state index in [1.54, 1.807) is 20.8 Å². The molecular formula is C23H27NO4. The standard InChI is InChI=1S/C23H27NO4/c1-23(2,3)28-22(27)24-13-12-19(25)21(26)20-17-10-6-4-8-15(17)14-16-9-5-7-11-18(16)20/h4-11,14,19,21,25-26H,12-13H2,1-3H3,(H,24,27). The molecule has 0 radical (unpaired) electrons. The summed E-state index contributed by atoms with van der Waals surface area (Å²) in [5.74, 6) is 0. The molecule has 3 aromatic carbocycles. The lowest BCUT2D eigenvalue weighted by Crippen LogP contribution is -2.34. The molecule has 1 amide bonds. The van der Waals surface area contributed by atoms with Crippen molar-refractivity contribution in [2.75, 3.05) is 6.54 Å². The van der Waals surface area contributed by atoms with Crippen molar-refractivity contribution in [3.8, 4) is 0 Å². The minimum Gasteiger partial charge on any atom is -0.444 e. The smallest absolute Gasteiger partial charge is 0.407 e. The average Bonchev–Trinajstić information content (AvgIpc) is 2.64. The third kappa shape index (κ3) is 4.61. The van der Waals surface area contributed by atoms with Gasteiger partial charge in [0.05, 0.1) is 6.10 Å². The van der Waals surface area contributed by atoms with Crippen molar-refractivity contribution in [1.29, 1.82) is 0 Å². The lowest BCUT2D eigenvalue weighted by atomic mass is 9.90. The highest BCUT2D eigenvalue weighted by Gasteiger charge is 2.23. The van der Waals surface area contributed by atoms with Crippen molar-refractivity contribution in [2.24, 2.45) is 0 Å². The fourth-order valence-electron chi connectivity index (χ4n) is 3.35. The third-order valence-electron chi connectivity index (χ3n) is 4.58.